The van der Waals surface area contributed by atoms with E-state index in [1.54, 1.807) is 0 Å². The fourth-order valence-electron chi connectivity index (χ4n) is 2.62. The molecule has 0 aliphatic carbocycles. The first-order valence-corrected chi connectivity index (χ1v) is 7.83. The molecule has 0 fully saturated rings. The number of hydrogen-bond acceptors (Lipinski definition) is 3. The fraction of sp³-hybridized carbons (Fsp3) is 0.611. The first-order chi connectivity index (χ1) is 9.86. The Bertz CT molecular complexity index is 476. The quantitative estimate of drug-likeness (QED) is 0.737. The van der Waals surface area contributed by atoms with E-state index in [-0.39, 0.29) is 0 Å². The number of unbranched alkanes of at least 4 members (excludes halogenated alkanes) is 1. The van der Waals surface area contributed by atoms with Crippen molar-refractivity contribution >= 4 is 5.69 Å². The first kappa shape index (κ1) is 17.5. The van der Waals surface area contributed by atoms with Gasteiger partial charge in [-0.1, -0.05) is 12.1 Å². The van der Waals surface area contributed by atoms with Crippen LogP contribution in [-0.2, 0) is 0 Å². The molecule has 0 spiro atoms. The Kier molecular flexibility index (Phi) is 6.71. The Morgan fingerprint density at radius 1 is 1.33 bits per heavy atom. The van der Waals surface area contributed by atoms with Gasteiger partial charge in [-0.3, -0.25) is 5.32 Å². The third-order valence-electron chi connectivity index (χ3n) is 3.72. The van der Waals surface area contributed by atoms with Crippen LogP contribution in [0.15, 0.2) is 24.3 Å². The van der Waals surface area contributed by atoms with E-state index in [0.717, 1.165) is 25.8 Å². The van der Waals surface area contributed by atoms with E-state index in [1.807, 2.05) is 6.92 Å². The van der Waals surface area contributed by atoms with E-state index < -0.39 is 5.54 Å². The second-order valence-corrected chi connectivity index (χ2v) is 6.46. The van der Waals surface area contributed by atoms with E-state index in [0.29, 0.717) is 6.04 Å². The molecule has 1 rings (SSSR count). The van der Waals surface area contributed by atoms with E-state index in [2.05, 4.69) is 68.4 Å². The lowest BCUT2D eigenvalue weighted by Crippen LogP contribution is -2.44. The Morgan fingerprint density at radius 3 is 2.62 bits per heavy atom. The summed E-state index contributed by atoms with van der Waals surface area (Å²) >= 11 is 0. The fourth-order valence-corrected chi connectivity index (χ4v) is 2.62. The van der Waals surface area contributed by atoms with Gasteiger partial charge in [0.05, 0.1) is 6.07 Å². The van der Waals surface area contributed by atoms with Crippen molar-refractivity contribution < 1.29 is 0 Å². The summed E-state index contributed by atoms with van der Waals surface area (Å²) in [4.78, 5) is 2.28. The van der Waals surface area contributed by atoms with Crippen LogP contribution in [0.25, 0.3) is 0 Å². The molecule has 1 aromatic rings. The molecule has 116 valence electrons. The van der Waals surface area contributed by atoms with Gasteiger partial charge in [0.25, 0.3) is 0 Å². The number of benzene rings is 1. The van der Waals surface area contributed by atoms with Crippen LogP contribution >= 0.6 is 0 Å². The van der Waals surface area contributed by atoms with Gasteiger partial charge in [-0.2, -0.15) is 5.26 Å². The lowest BCUT2D eigenvalue weighted by Gasteiger charge is -2.26. The van der Waals surface area contributed by atoms with E-state index >= 15 is 0 Å². The van der Waals surface area contributed by atoms with Gasteiger partial charge < -0.3 is 4.90 Å². The van der Waals surface area contributed by atoms with Crippen molar-refractivity contribution in [2.45, 2.75) is 58.5 Å². The summed E-state index contributed by atoms with van der Waals surface area (Å²) in [6.07, 6.45) is 3.05. The molecule has 0 aromatic heterocycles. The summed E-state index contributed by atoms with van der Waals surface area (Å²) in [7, 11) is 2.13. The first-order valence-electron chi connectivity index (χ1n) is 7.83. The molecule has 1 aromatic carbocycles. The second kappa shape index (κ2) is 8.05. The molecule has 0 saturated heterocycles. The number of hydrogen-bond donors (Lipinski definition) is 1. The average molecular weight is 287 g/mol. The van der Waals surface area contributed by atoms with Gasteiger partial charge in [0, 0.05) is 25.3 Å². The third-order valence-corrected chi connectivity index (χ3v) is 3.72. The van der Waals surface area contributed by atoms with Gasteiger partial charge in [0.15, 0.2) is 0 Å². The van der Waals surface area contributed by atoms with Gasteiger partial charge in [-0.05, 0) is 64.7 Å². The third kappa shape index (κ3) is 6.18. The van der Waals surface area contributed by atoms with Gasteiger partial charge in [-0.25, -0.2) is 0 Å². The van der Waals surface area contributed by atoms with Gasteiger partial charge in [-0.15, -0.1) is 0 Å². The van der Waals surface area contributed by atoms with Crippen LogP contribution in [-0.4, -0.2) is 25.2 Å². The Hall–Kier alpha value is -1.53. The van der Waals surface area contributed by atoms with Crippen LogP contribution in [0.1, 0.15) is 45.6 Å². The maximum atomic E-state index is 9.33. The van der Waals surface area contributed by atoms with Crippen LogP contribution in [0.4, 0.5) is 5.69 Å². The zero-order valence-electron chi connectivity index (χ0n) is 14.1. The molecular formula is C18H29N3. The summed E-state index contributed by atoms with van der Waals surface area (Å²) in [5.74, 6) is 0. The van der Waals surface area contributed by atoms with Crippen molar-refractivity contribution in [3.8, 4) is 6.07 Å². The molecule has 1 N–H and O–H groups in total. The summed E-state index contributed by atoms with van der Waals surface area (Å²) < 4.78 is 0. The van der Waals surface area contributed by atoms with Crippen LogP contribution in [0.2, 0.25) is 0 Å². The normalized spacial score (nSPS) is 13.8. The molecule has 3 nitrogen and oxygen atoms in total. The summed E-state index contributed by atoms with van der Waals surface area (Å²) in [5.41, 5.74) is 2.15. The van der Waals surface area contributed by atoms with Crippen molar-refractivity contribution in [3.05, 3.63) is 29.8 Å². The maximum Gasteiger partial charge on any atom is 0.104 e. The molecule has 0 amide bonds. The predicted molar refractivity (Wildman–Crippen MR) is 90.6 cm³/mol. The van der Waals surface area contributed by atoms with Crippen LogP contribution in [0.5, 0.6) is 0 Å². The van der Waals surface area contributed by atoms with Crippen LogP contribution in [0, 0.1) is 18.3 Å². The molecule has 0 saturated carbocycles. The summed E-state index contributed by atoms with van der Waals surface area (Å²) in [6.45, 7) is 9.30. The Labute approximate surface area is 130 Å². The minimum absolute atomic E-state index is 0.338. The van der Waals surface area contributed by atoms with E-state index in [9.17, 15) is 5.26 Å². The van der Waals surface area contributed by atoms with E-state index in [1.165, 1.54) is 11.3 Å². The van der Waals surface area contributed by atoms with Crippen molar-refractivity contribution in [3.63, 3.8) is 0 Å². The maximum absolute atomic E-state index is 9.33. The highest BCUT2D eigenvalue weighted by Crippen LogP contribution is 2.17. The zero-order valence-corrected chi connectivity index (χ0v) is 14.1. The molecule has 21 heavy (non-hydrogen) atoms. The van der Waals surface area contributed by atoms with Crippen molar-refractivity contribution in [2.24, 2.45) is 0 Å². The Morgan fingerprint density at radius 2 is 2.05 bits per heavy atom. The van der Waals surface area contributed by atoms with Gasteiger partial charge in [0.2, 0.25) is 0 Å². The van der Waals surface area contributed by atoms with Crippen molar-refractivity contribution in [1.82, 2.24) is 5.32 Å². The topological polar surface area (TPSA) is 39.1 Å². The van der Waals surface area contributed by atoms with Gasteiger partial charge in [0.1, 0.15) is 5.54 Å². The van der Waals surface area contributed by atoms with Crippen molar-refractivity contribution in [2.75, 3.05) is 18.5 Å². The zero-order chi connectivity index (χ0) is 15.9. The molecule has 3 heteroatoms. The van der Waals surface area contributed by atoms with E-state index in [4.69, 9.17) is 0 Å². The molecule has 0 heterocycles. The largest absolute Gasteiger partial charge is 0.375 e. The minimum atomic E-state index is -0.407. The number of nitriles is 1. The molecule has 1 atom stereocenters. The monoisotopic (exact) mass is 287 g/mol. The van der Waals surface area contributed by atoms with Gasteiger partial charge >= 0.3 is 0 Å². The molecule has 0 aliphatic rings. The smallest absolute Gasteiger partial charge is 0.104 e. The second-order valence-electron chi connectivity index (χ2n) is 6.46. The number of aryl methyl sites for hydroxylation is 1. The Balaban J connectivity index is 2.38. The summed E-state index contributed by atoms with van der Waals surface area (Å²) in [5, 5.41) is 12.7. The lowest BCUT2D eigenvalue weighted by atomic mass is 9.95. The number of anilines is 1. The minimum Gasteiger partial charge on any atom is -0.375 e. The SMILES string of the molecule is Cc1cccc(N(C)CCCCC(C)(C#N)NC(C)C)c1. The summed E-state index contributed by atoms with van der Waals surface area (Å²) in [6, 6.07) is 11.3. The molecule has 0 aliphatic heterocycles. The molecular weight excluding hydrogens is 258 g/mol. The number of nitrogens with one attached hydrogen (secondary N) is 1. The van der Waals surface area contributed by atoms with Crippen LogP contribution in [0.3, 0.4) is 0 Å². The van der Waals surface area contributed by atoms with Crippen molar-refractivity contribution in [1.29, 1.82) is 5.26 Å². The van der Waals surface area contributed by atoms with Crippen LogP contribution < -0.4 is 10.2 Å². The highest BCUT2D eigenvalue weighted by Gasteiger charge is 2.23. The standard InChI is InChI=1S/C18H29N3/c1-15(2)20-18(4,14-19)11-6-7-12-21(5)17-10-8-9-16(3)13-17/h8-10,13,15,20H,6-7,11-12H2,1-5H3. The lowest BCUT2D eigenvalue weighted by molar-refractivity contribution is 0.370. The molecule has 0 radical (unpaired) electrons. The average Bonchev–Trinajstić information content (AvgIpc) is 2.42. The number of nitrogens with zero attached hydrogens (tertiary/aromatic N) is 2. The highest BCUT2D eigenvalue weighted by molar-refractivity contribution is 5.47. The predicted octanol–water partition coefficient (Wildman–Crippen LogP) is 3.88. The molecule has 0 bridgehead atoms. The number of rotatable bonds is 8. The molecule has 1 unspecified atom stereocenters. The highest BCUT2D eigenvalue weighted by atomic mass is 15.1.